The highest BCUT2D eigenvalue weighted by molar-refractivity contribution is 5.55. The van der Waals surface area contributed by atoms with Gasteiger partial charge in [-0.1, -0.05) is 0 Å². The van der Waals surface area contributed by atoms with Gasteiger partial charge in [-0.2, -0.15) is 15.5 Å². The van der Waals surface area contributed by atoms with Gasteiger partial charge in [-0.3, -0.25) is 0 Å². The van der Waals surface area contributed by atoms with Gasteiger partial charge < -0.3 is 10.5 Å². The summed E-state index contributed by atoms with van der Waals surface area (Å²) in [5, 5.41) is 17.2. The summed E-state index contributed by atoms with van der Waals surface area (Å²) in [6.45, 7) is 0. The topological polar surface area (TPSA) is 95.7 Å². The lowest BCUT2D eigenvalue weighted by molar-refractivity contribution is -0.276. The van der Waals surface area contributed by atoms with Crippen molar-refractivity contribution in [1.82, 2.24) is 4.98 Å². The summed E-state index contributed by atoms with van der Waals surface area (Å²) < 4.78 is 39.4. The van der Waals surface area contributed by atoms with E-state index in [1.165, 1.54) is 0 Å². The molecule has 1 aromatic rings. The molecule has 1 rings (SSSR count). The molecule has 0 fully saturated rings. The van der Waals surface area contributed by atoms with E-state index >= 15 is 0 Å². The van der Waals surface area contributed by atoms with Crippen molar-refractivity contribution in [3.05, 3.63) is 17.2 Å². The second kappa shape index (κ2) is 4.58. The number of anilines is 1. The molecule has 0 bridgehead atoms. The zero-order valence-corrected chi connectivity index (χ0v) is 8.25. The Morgan fingerprint density at radius 3 is 2.53 bits per heavy atom. The molecule has 5 nitrogen and oxygen atoms in total. The first-order chi connectivity index (χ1) is 7.87. The largest absolute Gasteiger partial charge is 0.574 e. The Kier molecular flexibility index (Phi) is 3.39. The Morgan fingerprint density at radius 1 is 1.41 bits per heavy atom. The van der Waals surface area contributed by atoms with Gasteiger partial charge in [0.05, 0.1) is 18.1 Å². The summed E-state index contributed by atoms with van der Waals surface area (Å²) in [4.78, 5) is 3.28. The highest BCUT2D eigenvalue weighted by atomic mass is 19.4. The van der Waals surface area contributed by atoms with Gasteiger partial charge in [0.2, 0.25) is 5.88 Å². The Balaban J connectivity index is 3.22. The van der Waals surface area contributed by atoms with E-state index in [-0.39, 0.29) is 17.5 Å². The number of nitrogen functional groups attached to an aromatic ring is 1. The van der Waals surface area contributed by atoms with E-state index in [1.54, 1.807) is 12.1 Å². The quantitative estimate of drug-likeness (QED) is 0.847. The number of aromatic nitrogens is 1. The number of halogens is 3. The van der Waals surface area contributed by atoms with Crippen LogP contribution in [0.4, 0.5) is 19.0 Å². The first-order valence-corrected chi connectivity index (χ1v) is 4.19. The lowest BCUT2D eigenvalue weighted by atomic mass is 10.1. The number of ether oxygens (including phenoxy) is 1. The zero-order chi connectivity index (χ0) is 13.1. The first kappa shape index (κ1) is 12.6. The van der Waals surface area contributed by atoms with Crippen molar-refractivity contribution in [3.8, 4) is 18.0 Å². The van der Waals surface area contributed by atoms with Crippen molar-refractivity contribution in [3.63, 3.8) is 0 Å². The third kappa shape index (κ3) is 3.24. The van der Waals surface area contributed by atoms with Gasteiger partial charge in [-0.05, 0) is 5.56 Å². The molecule has 8 heteroatoms. The van der Waals surface area contributed by atoms with Crippen molar-refractivity contribution < 1.29 is 17.9 Å². The fraction of sp³-hybridized carbons (Fsp3) is 0.222. The number of hydrogen-bond acceptors (Lipinski definition) is 5. The molecule has 0 aliphatic rings. The fourth-order valence-corrected chi connectivity index (χ4v) is 1.12. The molecule has 0 saturated carbocycles. The molecule has 0 atom stereocenters. The summed E-state index contributed by atoms with van der Waals surface area (Å²) in [7, 11) is 0. The predicted octanol–water partition coefficient (Wildman–Crippen LogP) is 1.50. The molecule has 0 unspecified atom stereocenters. The predicted molar refractivity (Wildman–Crippen MR) is 49.4 cm³/mol. The van der Waals surface area contributed by atoms with Crippen molar-refractivity contribution in [2.75, 3.05) is 5.73 Å². The molecule has 2 N–H and O–H groups in total. The summed E-state index contributed by atoms with van der Waals surface area (Å²) in [6.07, 6.45) is -5.17. The number of pyridine rings is 1. The SMILES string of the molecule is N#CCc1cc(OC(F)(F)F)nc(N)c1C#N. The Hall–Kier alpha value is -2.48. The number of nitriles is 2. The van der Waals surface area contributed by atoms with Crippen LogP contribution in [-0.2, 0) is 6.42 Å². The highest BCUT2D eigenvalue weighted by Gasteiger charge is 2.32. The van der Waals surface area contributed by atoms with E-state index in [1.807, 2.05) is 0 Å². The number of nitrogens with zero attached hydrogens (tertiary/aromatic N) is 3. The molecule has 17 heavy (non-hydrogen) atoms. The normalized spacial score (nSPS) is 10.4. The summed E-state index contributed by atoms with van der Waals surface area (Å²) >= 11 is 0. The van der Waals surface area contributed by atoms with Crippen LogP contribution in [-0.4, -0.2) is 11.3 Å². The maximum absolute atomic E-state index is 11.9. The van der Waals surface area contributed by atoms with Gasteiger partial charge in [-0.15, -0.1) is 13.2 Å². The maximum Gasteiger partial charge on any atom is 0.574 e. The molecule has 0 aliphatic carbocycles. The number of alkyl halides is 3. The first-order valence-electron chi connectivity index (χ1n) is 4.19. The average molecular weight is 242 g/mol. The third-order valence-corrected chi connectivity index (χ3v) is 1.71. The molecule has 0 aliphatic heterocycles. The molecule has 0 radical (unpaired) electrons. The van der Waals surface area contributed by atoms with Crippen LogP contribution >= 0.6 is 0 Å². The van der Waals surface area contributed by atoms with E-state index in [0.717, 1.165) is 6.07 Å². The fourth-order valence-electron chi connectivity index (χ4n) is 1.12. The van der Waals surface area contributed by atoms with Crippen LogP contribution in [0.25, 0.3) is 0 Å². The second-order valence-corrected chi connectivity index (χ2v) is 2.87. The number of rotatable bonds is 2. The van der Waals surface area contributed by atoms with Crippen LogP contribution in [0.5, 0.6) is 5.88 Å². The van der Waals surface area contributed by atoms with Gasteiger partial charge in [0.25, 0.3) is 0 Å². The van der Waals surface area contributed by atoms with Crippen LogP contribution in [0.2, 0.25) is 0 Å². The van der Waals surface area contributed by atoms with Crippen LogP contribution in [0, 0.1) is 22.7 Å². The van der Waals surface area contributed by atoms with E-state index in [0.29, 0.717) is 0 Å². The Labute approximate surface area is 93.8 Å². The number of hydrogen-bond donors (Lipinski definition) is 1. The molecular weight excluding hydrogens is 237 g/mol. The van der Waals surface area contributed by atoms with Gasteiger partial charge in [0.15, 0.2) is 0 Å². The van der Waals surface area contributed by atoms with Crippen LogP contribution in [0.1, 0.15) is 11.1 Å². The van der Waals surface area contributed by atoms with E-state index in [4.69, 9.17) is 16.3 Å². The van der Waals surface area contributed by atoms with Crippen molar-refractivity contribution in [2.24, 2.45) is 0 Å². The molecule has 1 aromatic heterocycles. The van der Waals surface area contributed by atoms with E-state index < -0.39 is 18.1 Å². The standard InChI is InChI=1S/C9H5F3N4O/c10-9(11,12)17-7-3-5(1-2-13)6(4-14)8(15)16-7/h3H,1H2,(H2,15,16). The Morgan fingerprint density at radius 2 is 2.06 bits per heavy atom. The maximum atomic E-state index is 11.9. The molecule has 0 spiro atoms. The molecule has 0 saturated heterocycles. The second-order valence-electron chi connectivity index (χ2n) is 2.87. The molecule has 1 heterocycles. The molecule has 0 amide bonds. The summed E-state index contributed by atoms with van der Waals surface area (Å²) in [5.41, 5.74) is 5.21. The zero-order valence-electron chi connectivity index (χ0n) is 8.25. The van der Waals surface area contributed by atoms with Crippen molar-refractivity contribution >= 4 is 5.82 Å². The minimum atomic E-state index is -4.91. The Bertz CT molecular complexity index is 513. The minimum Gasteiger partial charge on any atom is -0.388 e. The van der Waals surface area contributed by atoms with Gasteiger partial charge in [0, 0.05) is 6.07 Å². The van der Waals surface area contributed by atoms with E-state index in [2.05, 4.69) is 9.72 Å². The van der Waals surface area contributed by atoms with Crippen LogP contribution in [0.15, 0.2) is 6.07 Å². The summed E-state index contributed by atoms with van der Waals surface area (Å²) in [6, 6.07) is 4.23. The lowest BCUT2D eigenvalue weighted by Crippen LogP contribution is -2.18. The minimum absolute atomic E-state index is 0.0433. The molecule has 0 aromatic carbocycles. The van der Waals surface area contributed by atoms with Crippen LogP contribution < -0.4 is 10.5 Å². The van der Waals surface area contributed by atoms with Crippen molar-refractivity contribution in [1.29, 1.82) is 10.5 Å². The third-order valence-electron chi connectivity index (χ3n) is 1.71. The molecule has 88 valence electrons. The smallest absolute Gasteiger partial charge is 0.388 e. The lowest BCUT2D eigenvalue weighted by Gasteiger charge is -2.10. The van der Waals surface area contributed by atoms with Gasteiger partial charge in [-0.25, -0.2) is 0 Å². The average Bonchev–Trinajstić information content (AvgIpc) is 2.15. The highest BCUT2D eigenvalue weighted by Crippen LogP contribution is 2.25. The van der Waals surface area contributed by atoms with Gasteiger partial charge in [0.1, 0.15) is 11.9 Å². The van der Waals surface area contributed by atoms with Gasteiger partial charge >= 0.3 is 6.36 Å². The van der Waals surface area contributed by atoms with E-state index in [9.17, 15) is 13.2 Å². The van der Waals surface area contributed by atoms with Crippen molar-refractivity contribution in [2.45, 2.75) is 12.8 Å². The van der Waals surface area contributed by atoms with Crippen LogP contribution in [0.3, 0.4) is 0 Å². The molecular formula is C9H5F3N4O. The number of nitrogens with two attached hydrogens (primary N) is 1. The monoisotopic (exact) mass is 242 g/mol. The summed E-state index contributed by atoms with van der Waals surface area (Å²) in [5.74, 6) is -1.20.